The topological polar surface area (TPSA) is 57.9 Å². The van der Waals surface area contributed by atoms with Crippen LogP contribution >= 0.6 is 11.6 Å². The van der Waals surface area contributed by atoms with Crippen LogP contribution in [0.25, 0.3) is 0 Å². The molecular formula is C17H18ClN3O. The van der Waals surface area contributed by atoms with E-state index in [-0.39, 0.29) is 6.10 Å². The third-order valence-electron chi connectivity index (χ3n) is 3.30. The number of rotatable bonds is 7. The normalized spacial score (nSPS) is 11.7. The quantitative estimate of drug-likeness (QED) is 0.791. The summed E-state index contributed by atoms with van der Waals surface area (Å²) in [6.07, 6.45) is 5.15. The number of aromatic nitrogens is 1. The van der Waals surface area contributed by atoms with E-state index < -0.39 is 0 Å². The molecule has 22 heavy (non-hydrogen) atoms. The Kier molecular flexibility index (Phi) is 6.20. The van der Waals surface area contributed by atoms with Gasteiger partial charge in [0.05, 0.1) is 5.56 Å². The summed E-state index contributed by atoms with van der Waals surface area (Å²) in [5.41, 5.74) is 1.52. The summed E-state index contributed by atoms with van der Waals surface area (Å²) in [4.78, 5) is 4.04. The Labute approximate surface area is 135 Å². The van der Waals surface area contributed by atoms with Crippen molar-refractivity contribution in [3.63, 3.8) is 0 Å². The largest absolute Gasteiger partial charge is 0.484 e. The summed E-state index contributed by atoms with van der Waals surface area (Å²) in [7, 11) is 1.92. The first-order valence-electron chi connectivity index (χ1n) is 7.15. The summed E-state index contributed by atoms with van der Waals surface area (Å²) in [5, 5.41) is 12.9. The highest BCUT2D eigenvalue weighted by Crippen LogP contribution is 2.30. The lowest BCUT2D eigenvalue weighted by Gasteiger charge is -2.20. The molecule has 0 saturated heterocycles. The van der Waals surface area contributed by atoms with Crippen molar-refractivity contribution in [1.82, 2.24) is 10.3 Å². The summed E-state index contributed by atoms with van der Waals surface area (Å²) >= 11 is 6.02. The lowest BCUT2D eigenvalue weighted by molar-refractivity contribution is 0.191. The predicted octanol–water partition coefficient (Wildman–Crippen LogP) is 3.73. The molecule has 1 aromatic heterocycles. The zero-order valence-corrected chi connectivity index (χ0v) is 13.2. The van der Waals surface area contributed by atoms with Gasteiger partial charge in [-0.15, -0.1) is 0 Å². The van der Waals surface area contributed by atoms with Gasteiger partial charge in [0.2, 0.25) is 0 Å². The van der Waals surface area contributed by atoms with Crippen LogP contribution in [-0.4, -0.2) is 18.6 Å². The van der Waals surface area contributed by atoms with Gasteiger partial charge in [0, 0.05) is 23.5 Å². The second kappa shape index (κ2) is 8.38. The van der Waals surface area contributed by atoms with E-state index in [9.17, 15) is 5.26 Å². The van der Waals surface area contributed by atoms with Crippen LogP contribution in [-0.2, 0) is 0 Å². The number of nitrogens with zero attached hydrogens (tertiary/aromatic N) is 2. The molecule has 0 aliphatic rings. The zero-order chi connectivity index (χ0) is 15.8. The van der Waals surface area contributed by atoms with E-state index in [4.69, 9.17) is 16.3 Å². The third kappa shape index (κ3) is 4.45. The molecular weight excluding hydrogens is 298 g/mol. The van der Waals surface area contributed by atoms with Crippen LogP contribution < -0.4 is 10.1 Å². The number of nitriles is 1. The molecule has 0 amide bonds. The van der Waals surface area contributed by atoms with E-state index in [1.807, 2.05) is 19.2 Å². The van der Waals surface area contributed by atoms with Gasteiger partial charge in [-0.05, 0) is 56.3 Å². The van der Waals surface area contributed by atoms with Crippen molar-refractivity contribution in [1.29, 1.82) is 5.26 Å². The van der Waals surface area contributed by atoms with E-state index in [1.54, 1.807) is 30.6 Å². The smallest absolute Gasteiger partial charge is 0.139 e. The van der Waals surface area contributed by atoms with E-state index in [1.165, 1.54) is 0 Å². The molecule has 1 unspecified atom stereocenters. The Balaban J connectivity index is 2.23. The molecule has 0 radical (unpaired) electrons. The van der Waals surface area contributed by atoms with Crippen molar-refractivity contribution in [3.05, 3.63) is 58.9 Å². The number of nitrogens with one attached hydrogen (secondary N) is 1. The molecule has 0 aliphatic carbocycles. The lowest BCUT2D eigenvalue weighted by atomic mass is 10.1. The number of hydrogen-bond donors (Lipinski definition) is 1. The van der Waals surface area contributed by atoms with Gasteiger partial charge in [0.1, 0.15) is 17.9 Å². The highest BCUT2D eigenvalue weighted by molar-refractivity contribution is 6.30. The van der Waals surface area contributed by atoms with Crippen molar-refractivity contribution in [2.45, 2.75) is 18.9 Å². The van der Waals surface area contributed by atoms with Crippen LogP contribution in [0, 0.1) is 11.3 Å². The first-order valence-corrected chi connectivity index (χ1v) is 7.53. The number of halogens is 1. The molecule has 0 bridgehead atoms. The van der Waals surface area contributed by atoms with Gasteiger partial charge in [-0.2, -0.15) is 5.26 Å². The number of benzene rings is 1. The molecule has 5 heteroatoms. The van der Waals surface area contributed by atoms with Gasteiger partial charge in [-0.3, -0.25) is 4.98 Å². The molecule has 4 nitrogen and oxygen atoms in total. The minimum Gasteiger partial charge on any atom is -0.484 e. The van der Waals surface area contributed by atoms with Crippen LogP contribution in [0.5, 0.6) is 5.75 Å². The Morgan fingerprint density at radius 2 is 2.09 bits per heavy atom. The molecule has 0 spiro atoms. The van der Waals surface area contributed by atoms with E-state index in [2.05, 4.69) is 16.4 Å². The van der Waals surface area contributed by atoms with Gasteiger partial charge in [-0.1, -0.05) is 11.6 Å². The number of ether oxygens (including phenoxy) is 1. The molecule has 0 saturated carbocycles. The minimum absolute atomic E-state index is 0.137. The second-order valence-corrected chi connectivity index (χ2v) is 5.32. The summed E-state index contributed by atoms with van der Waals surface area (Å²) in [6.45, 7) is 0.908. The van der Waals surface area contributed by atoms with Crippen molar-refractivity contribution < 1.29 is 4.74 Å². The van der Waals surface area contributed by atoms with Crippen LogP contribution in [0.1, 0.15) is 30.1 Å². The Hall–Kier alpha value is -2.09. The molecule has 1 aromatic carbocycles. The van der Waals surface area contributed by atoms with E-state index in [0.717, 1.165) is 24.9 Å². The number of hydrogen-bond acceptors (Lipinski definition) is 4. The fraction of sp³-hybridized carbons (Fsp3) is 0.294. The highest BCUT2D eigenvalue weighted by atomic mass is 35.5. The van der Waals surface area contributed by atoms with Gasteiger partial charge in [0.15, 0.2) is 0 Å². The van der Waals surface area contributed by atoms with Crippen molar-refractivity contribution in [2.24, 2.45) is 0 Å². The fourth-order valence-electron chi connectivity index (χ4n) is 2.18. The highest BCUT2D eigenvalue weighted by Gasteiger charge is 2.15. The number of pyridine rings is 1. The first-order chi connectivity index (χ1) is 10.7. The van der Waals surface area contributed by atoms with Crippen LogP contribution in [0.15, 0.2) is 42.7 Å². The monoisotopic (exact) mass is 315 g/mol. The van der Waals surface area contributed by atoms with E-state index >= 15 is 0 Å². The third-order valence-corrected chi connectivity index (χ3v) is 3.54. The maximum atomic E-state index is 9.21. The lowest BCUT2D eigenvalue weighted by Crippen LogP contribution is -2.13. The van der Waals surface area contributed by atoms with E-state index in [0.29, 0.717) is 16.3 Å². The second-order valence-electron chi connectivity index (χ2n) is 4.89. The SMILES string of the molecule is CNCCCC(Oc1cc(Cl)ccc1C#N)c1ccncc1. The molecule has 114 valence electrons. The average Bonchev–Trinajstić information content (AvgIpc) is 2.55. The van der Waals surface area contributed by atoms with Crippen molar-refractivity contribution >= 4 is 11.6 Å². The molecule has 0 fully saturated rings. The molecule has 2 aromatic rings. The molecule has 0 aliphatic heterocycles. The van der Waals surface area contributed by atoms with Gasteiger partial charge in [0.25, 0.3) is 0 Å². The Bertz CT molecular complexity index is 640. The fourth-order valence-corrected chi connectivity index (χ4v) is 2.34. The standard InChI is InChI=1S/C17H18ClN3O/c1-20-8-2-3-16(13-6-9-21-10-7-13)22-17-11-15(18)5-4-14(17)12-19/h4-7,9-11,16,20H,2-3,8H2,1H3. The molecule has 2 rings (SSSR count). The summed E-state index contributed by atoms with van der Waals surface area (Å²) in [6, 6.07) is 11.1. The average molecular weight is 316 g/mol. The minimum atomic E-state index is -0.137. The van der Waals surface area contributed by atoms with Crippen LogP contribution in [0.3, 0.4) is 0 Å². The first kappa shape index (κ1) is 16.3. The summed E-state index contributed by atoms with van der Waals surface area (Å²) < 4.78 is 6.09. The Morgan fingerprint density at radius 3 is 2.77 bits per heavy atom. The molecule has 1 N–H and O–H groups in total. The predicted molar refractivity (Wildman–Crippen MR) is 86.9 cm³/mol. The molecule has 1 atom stereocenters. The van der Waals surface area contributed by atoms with Crippen molar-refractivity contribution in [3.8, 4) is 11.8 Å². The van der Waals surface area contributed by atoms with Crippen molar-refractivity contribution in [2.75, 3.05) is 13.6 Å². The molecule has 1 heterocycles. The Morgan fingerprint density at radius 1 is 1.32 bits per heavy atom. The zero-order valence-electron chi connectivity index (χ0n) is 12.4. The van der Waals surface area contributed by atoms with Gasteiger partial charge >= 0.3 is 0 Å². The van der Waals surface area contributed by atoms with Crippen LogP contribution in [0.4, 0.5) is 0 Å². The maximum Gasteiger partial charge on any atom is 0.139 e. The summed E-state index contributed by atoms with van der Waals surface area (Å²) in [5.74, 6) is 0.515. The van der Waals surface area contributed by atoms with Gasteiger partial charge < -0.3 is 10.1 Å². The maximum absolute atomic E-state index is 9.21. The van der Waals surface area contributed by atoms with Crippen LogP contribution in [0.2, 0.25) is 5.02 Å². The van der Waals surface area contributed by atoms with Gasteiger partial charge in [-0.25, -0.2) is 0 Å².